The van der Waals surface area contributed by atoms with Crippen LogP contribution in [0.1, 0.15) is 58.4 Å². The normalized spacial score (nSPS) is 26.4. The van der Waals surface area contributed by atoms with E-state index in [0.717, 1.165) is 18.6 Å². The molecule has 1 saturated carbocycles. The van der Waals surface area contributed by atoms with Crippen molar-refractivity contribution in [2.45, 2.75) is 65.0 Å². The molecular formula is C17H27NO. The van der Waals surface area contributed by atoms with E-state index in [1.54, 1.807) is 0 Å². The summed E-state index contributed by atoms with van der Waals surface area (Å²) in [4.78, 5) is 0. The summed E-state index contributed by atoms with van der Waals surface area (Å²) in [6, 6.07) is 8.62. The lowest BCUT2D eigenvalue weighted by Crippen LogP contribution is -2.46. The van der Waals surface area contributed by atoms with E-state index in [1.807, 2.05) is 0 Å². The summed E-state index contributed by atoms with van der Waals surface area (Å²) < 4.78 is 6.11. The lowest BCUT2D eigenvalue weighted by Gasteiger charge is -2.39. The first-order chi connectivity index (χ1) is 8.87. The van der Waals surface area contributed by atoms with Crippen LogP contribution in [0.3, 0.4) is 0 Å². The molecule has 1 fully saturated rings. The predicted octanol–water partition coefficient (Wildman–Crippen LogP) is 4.09. The Balaban J connectivity index is 2.03. The first-order valence-electron chi connectivity index (χ1n) is 7.39. The van der Waals surface area contributed by atoms with E-state index < -0.39 is 0 Å². The zero-order chi connectivity index (χ0) is 14.0. The number of nitrogens with two attached hydrogens (primary N) is 1. The van der Waals surface area contributed by atoms with Gasteiger partial charge in [-0.25, -0.2) is 0 Å². The quantitative estimate of drug-likeness (QED) is 0.889. The van der Waals surface area contributed by atoms with Gasteiger partial charge >= 0.3 is 0 Å². The highest BCUT2D eigenvalue weighted by molar-refractivity contribution is 5.29. The summed E-state index contributed by atoms with van der Waals surface area (Å²) in [5.41, 5.74) is 7.89. The van der Waals surface area contributed by atoms with Crippen LogP contribution < -0.4 is 10.5 Å². The fourth-order valence-corrected chi connectivity index (χ4v) is 2.78. The van der Waals surface area contributed by atoms with Gasteiger partial charge in [0.25, 0.3) is 0 Å². The van der Waals surface area contributed by atoms with Gasteiger partial charge < -0.3 is 10.5 Å². The average molecular weight is 261 g/mol. The number of benzene rings is 1. The Kier molecular flexibility index (Phi) is 4.19. The Hall–Kier alpha value is -1.02. The van der Waals surface area contributed by atoms with Crippen molar-refractivity contribution in [1.82, 2.24) is 0 Å². The fraction of sp³-hybridized carbons (Fsp3) is 0.647. The SMILES string of the molecule is CC(C)c1ccc(OC2CC(C)(C)CCC2N)cc1. The third-order valence-electron chi connectivity index (χ3n) is 4.22. The minimum Gasteiger partial charge on any atom is -0.489 e. The maximum atomic E-state index is 6.20. The summed E-state index contributed by atoms with van der Waals surface area (Å²) in [7, 11) is 0. The number of rotatable bonds is 3. The van der Waals surface area contributed by atoms with E-state index in [9.17, 15) is 0 Å². The molecule has 0 aliphatic heterocycles. The highest BCUT2D eigenvalue weighted by Crippen LogP contribution is 2.36. The van der Waals surface area contributed by atoms with Gasteiger partial charge in [0.15, 0.2) is 0 Å². The highest BCUT2D eigenvalue weighted by Gasteiger charge is 2.34. The molecule has 0 saturated heterocycles. The third kappa shape index (κ3) is 3.73. The maximum absolute atomic E-state index is 6.20. The second kappa shape index (κ2) is 5.54. The van der Waals surface area contributed by atoms with Gasteiger partial charge in [-0.3, -0.25) is 0 Å². The summed E-state index contributed by atoms with van der Waals surface area (Å²) in [5.74, 6) is 1.51. The van der Waals surface area contributed by atoms with Gasteiger partial charge in [-0.2, -0.15) is 0 Å². The maximum Gasteiger partial charge on any atom is 0.119 e. The van der Waals surface area contributed by atoms with Crippen LogP contribution >= 0.6 is 0 Å². The minimum absolute atomic E-state index is 0.147. The van der Waals surface area contributed by atoms with Gasteiger partial charge in [0, 0.05) is 6.04 Å². The topological polar surface area (TPSA) is 35.2 Å². The van der Waals surface area contributed by atoms with Crippen molar-refractivity contribution in [3.63, 3.8) is 0 Å². The molecule has 2 atom stereocenters. The second-order valence-electron chi connectivity index (χ2n) is 6.95. The van der Waals surface area contributed by atoms with Gasteiger partial charge in [0.05, 0.1) is 0 Å². The number of hydrogen-bond donors (Lipinski definition) is 1. The van der Waals surface area contributed by atoms with Crippen molar-refractivity contribution in [3.05, 3.63) is 29.8 Å². The molecular weight excluding hydrogens is 234 g/mol. The van der Waals surface area contributed by atoms with Crippen LogP contribution in [-0.4, -0.2) is 12.1 Å². The fourth-order valence-electron chi connectivity index (χ4n) is 2.78. The molecule has 0 amide bonds. The van der Waals surface area contributed by atoms with Crippen molar-refractivity contribution < 1.29 is 4.74 Å². The molecule has 0 aromatic heterocycles. The van der Waals surface area contributed by atoms with Crippen LogP contribution in [0.2, 0.25) is 0 Å². The standard InChI is InChI=1S/C17H27NO/c1-12(2)13-5-7-14(8-6-13)19-16-11-17(3,4)10-9-15(16)18/h5-8,12,15-16H,9-11,18H2,1-4H3. The highest BCUT2D eigenvalue weighted by atomic mass is 16.5. The van der Waals surface area contributed by atoms with Crippen molar-refractivity contribution in [2.24, 2.45) is 11.1 Å². The largest absolute Gasteiger partial charge is 0.489 e. The van der Waals surface area contributed by atoms with E-state index in [-0.39, 0.29) is 12.1 Å². The van der Waals surface area contributed by atoms with E-state index in [2.05, 4.69) is 52.0 Å². The molecule has 2 nitrogen and oxygen atoms in total. The second-order valence-corrected chi connectivity index (χ2v) is 6.95. The molecule has 2 heteroatoms. The molecule has 1 aliphatic carbocycles. The van der Waals surface area contributed by atoms with E-state index in [4.69, 9.17) is 10.5 Å². The van der Waals surface area contributed by atoms with Crippen LogP contribution in [0.4, 0.5) is 0 Å². The summed E-state index contributed by atoms with van der Waals surface area (Å²) in [6.45, 7) is 9.01. The van der Waals surface area contributed by atoms with Gasteiger partial charge in [0.2, 0.25) is 0 Å². The predicted molar refractivity (Wildman–Crippen MR) is 80.6 cm³/mol. The van der Waals surface area contributed by atoms with E-state index in [1.165, 1.54) is 12.0 Å². The monoisotopic (exact) mass is 261 g/mol. The summed E-state index contributed by atoms with van der Waals surface area (Å²) in [6.07, 6.45) is 3.44. The molecule has 106 valence electrons. The Morgan fingerprint density at radius 2 is 1.84 bits per heavy atom. The van der Waals surface area contributed by atoms with Crippen LogP contribution in [0.25, 0.3) is 0 Å². The molecule has 2 rings (SSSR count). The van der Waals surface area contributed by atoms with Crippen LogP contribution in [0, 0.1) is 5.41 Å². The smallest absolute Gasteiger partial charge is 0.119 e. The molecule has 19 heavy (non-hydrogen) atoms. The van der Waals surface area contributed by atoms with Crippen LogP contribution in [0.15, 0.2) is 24.3 Å². The summed E-state index contributed by atoms with van der Waals surface area (Å²) >= 11 is 0. The van der Waals surface area contributed by atoms with Crippen molar-refractivity contribution in [3.8, 4) is 5.75 Å². The molecule has 2 N–H and O–H groups in total. The zero-order valence-corrected chi connectivity index (χ0v) is 12.6. The van der Waals surface area contributed by atoms with Gasteiger partial charge in [-0.05, 0) is 48.3 Å². The Bertz CT molecular complexity index is 408. The first kappa shape index (κ1) is 14.4. The molecule has 0 heterocycles. The third-order valence-corrected chi connectivity index (χ3v) is 4.22. The van der Waals surface area contributed by atoms with Gasteiger partial charge in [-0.15, -0.1) is 0 Å². The molecule has 0 radical (unpaired) electrons. The molecule has 1 aromatic carbocycles. The number of hydrogen-bond acceptors (Lipinski definition) is 2. The van der Waals surface area contributed by atoms with Gasteiger partial charge in [0.1, 0.15) is 11.9 Å². The van der Waals surface area contributed by atoms with Crippen LogP contribution in [0.5, 0.6) is 5.75 Å². The van der Waals surface area contributed by atoms with Gasteiger partial charge in [-0.1, -0.05) is 39.8 Å². The molecule has 1 aromatic rings. The first-order valence-corrected chi connectivity index (χ1v) is 7.39. The van der Waals surface area contributed by atoms with E-state index >= 15 is 0 Å². The molecule has 0 bridgehead atoms. The minimum atomic E-state index is 0.147. The van der Waals surface area contributed by atoms with Crippen molar-refractivity contribution in [1.29, 1.82) is 0 Å². The lowest BCUT2D eigenvalue weighted by molar-refractivity contribution is 0.0669. The molecule has 0 spiro atoms. The van der Waals surface area contributed by atoms with Crippen molar-refractivity contribution >= 4 is 0 Å². The zero-order valence-electron chi connectivity index (χ0n) is 12.6. The Morgan fingerprint density at radius 3 is 2.42 bits per heavy atom. The average Bonchev–Trinajstić information content (AvgIpc) is 2.34. The lowest BCUT2D eigenvalue weighted by atomic mass is 9.74. The van der Waals surface area contributed by atoms with Crippen LogP contribution in [-0.2, 0) is 0 Å². The molecule has 1 aliphatic rings. The van der Waals surface area contributed by atoms with Crippen molar-refractivity contribution in [2.75, 3.05) is 0 Å². The number of ether oxygens (including phenoxy) is 1. The molecule has 2 unspecified atom stereocenters. The Morgan fingerprint density at radius 1 is 1.21 bits per heavy atom. The summed E-state index contributed by atoms with van der Waals surface area (Å²) in [5, 5.41) is 0. The van der Waals surface area contributed by atoms with E-state index in [0.29, 0.717) is 11.3 Å². The Labute approximate surface area is 117 Å².